The minimum atomic E-state index is 0.323. The van der Waals surface area contributed by atoms with Crippen molar-refractivity contribution < 1.29 is 0 Å². The molecule has 21 heavy (non-hydrogen) atoms. The Kier molecular flexibility index (Phi) is 3.24. The second-order valence-electron chi connectivity index (χ2n) is 5.08. The number of thiazole rings is 1. The van der Waals surface area contributed by atoms with Gasteiger partial charge in [0, 0.05) is 23.1 Å². The van der Waals surface area contributed by atoms with Gasteiger partial charge in [0.25, 0.3) is 0 Å². The van der Waals surface area contributed by atoms with Gasteiger partial charge in [-0.05, 0) is 31.0 Å². The van der Waals surface area contributed by atoms with Crippen molar-refractivity contribution >= 4 is 39.8 Å². The zero-order valence-electron chi connectivity index (χ0n) is 11.2. The number of hydrogen-bond donors (Lipinski definition) is 0. The number of hydrogen-bond acceptors (Lipinski definition) is 5. The van der Waals surface area contributed by atoms with Crippen molar-refractivity contribution in [2.24, 2.45) is 0 Å². The highest BCUT2D eigenvalue weighted by molar-refractivity contribution is 7.09. The van der Waals surface area contributed by atoms with E-state index in [1.807, 2.05) is 36.0 Å². The van der Waals surface area contributed by atoms with Crippen LogP contribution < -0.4 is 4.90 Å². The van der Waals surface area contributed by atoms with E-state index in [2.05, 4.69) is 14.9 Å². The van der Waals surface area contributed by atoms with Crippen LogP contribution in [0.4, 0.5) is 5.82 Å². The van der Waals surface area contributed by atoms with Gasteiger partial charge in [0.2, 0.25) is 0 Å². The van der Waals surface area contributed by atoms with Gasteiger partial charge in [0.15, 0.2) is 0 Å². The van der Waals surface area contributed by atoms with Crippen LogP contribution in [0, 0.1) is 0 Å². The lowest BCUT2D eigenvalue weighted by atomic mass is 10.2. The number of anilines is 1. The highest BCUT2D eigenvalue weighted by Gasteiger charge is 2.29. The minimum absolute atomic E-state index is 0.323. The molecule has 0 bridgehead atoms. The maximum absolute atomic E-state index is 5.99. The summed E-state index contributed by atoms with van der Waals surface area (Å²) in [5, 5.41) is 3.87. The van der Waals surface area contributed by atoms with Gasteiger partial charge in [-0.15, -0.1) is 11.3 Å². The van der Waals surface area contributed by atoms with Crippen molar-refractivity contribution in [2.45, 2.75) is 18.9 Å². The van der Waals surface area contributed by atoms with E-state index in [-0.39, 0.29) is 0 Å². The Bertz CT molecular complexity index is 774. The second-order valence-corrected chi connectivity index (χ2v) is 6.45. The largest absolute Gasteiger partial charge is 0.346 e. The zero-order valence-corrected chi connectivity index (χ0v) is 12.8. The van der Waals surface area contributed by atoms with Crippen molar-refractivity contribution in [1.29, 1.82) is 0 Å². The molecule has 2 aromatic heterocycles. The standard InChI is InChI=1S/C15H13ClN4S/c16-10-3-4-11-12(8-10)18-9-14(19-11)20-6-1-2-13(20)15-17-5-7-21-15/h3-5,7-9,13H,1-2,6H2. The number of halogens is 1. The van der Waals surface area contributed by atoms with E-state index in [0.29, 0.717) is 11.1 Å². The third kappa shape index (κ3) is 2.36. The Labute approximate surface area is 131 Å². The fraction of sp³-hybridized carbons (Fsp3) is 0.267. The maximum atomic E-state index is 5.99. The summed E-state index contributed by atoms with van der Waals surface area (Å²) in [6.07, 6.45) is 5.98. The van der Waals surface area contributed by atoms with Gasteiger partial charge in [-0.2, -0.15) is 0 Å². The van der Waals surface area contributed by atoms with Crippen LogP contribution in [0.3, 0.4) is 0 Å². The summed E-state index contributed by atoms with van der Waals surface area (Å²) < 4.78 is 0. The van der Waals surface area contributed by atoms with Crippen LogP contribution in [-0.2, 0) is 0 Å². The molecule has 0 aliphatic carbocycles. The van der Waals surface area contributed by atoms with Crippen molar-refractivity contribution in [2.75, 3.05) is 11.4 Å². The minimum Gasteiger partial charge on any atom is -0.346 e. The lowest BCUT2D eigenvalue weighted by Gasteiger charge is -2.23. The Balaban J connectivity index is 1.73. The molecular formula is C15H13ClN4S. The van der Waals surface area contributed by atoms with Gasteiger partial charge < -0.3 is 4.90 Å². The summed E-state index contributed by atoms with van der Waals surface area (Å²) in [7, 11) is 0. The first-order valence-electron chi connectivity index (χ1n) is 6.89. The molecule has 3 heterocycles. The molecule has 0 spiro atoms. The fourth-order valence-electron chi connectivity index (χ4n) is 2.81. The van der Waals surface area contributed by atoms with Gasteiger partial charge in [0.1, 0.15) is 10.8 Å². The summed E-state index contributed by atoms with van der Waals surface area (Å²) in [5.74, 6) is 0.919. The first-order valence-corrected chi connectivity index (χ1v) is 8.15. The predicted molar refractivity (Wildman–Crippen MR) is 86.0 cm³/mol. The van der Waals surface area contributed by atoms with Crippen LogP contribution in [0.1, 0.15) is 23.9 Å². The first-order chi connectivity index (χ1) is 10.3. The molecule has 0 amide bonds. The predicted octanol–water partition coefficient (Wildman–Crippen LogP) is 4.08. The molecule has 6 heteroatoms. The van der Waals surface area contributed by atoms with E-state index >= 15 is 0 Å². The molecule has 1 aromatic carbocycles. The quantitative estimate of drug-likeness (QED) is 0.714. The highest BCUT2D eigenvalue weighted by atomic mass is 35.5. The van der Waals surface area contributed by atoms with Gasteiger partial charge in [-0.25, -0.2) is 9.97 Å². The molecule has 1 fully saturated rings. The van der Waals surface area contributed by atoms with Crippen LogP contribution in [0.15, 0.2) is 36.0 Å². The molecule has 1 saturated heterocycles. The monoisotopic (exact) mass is 316 g/mol. The molecule has 3 aromatic rings. The summed E-state index contributed by atoms with van der Waals surface area (Å²) in [5.41, 5.74) is 1.71. The first kappa shape index (κ1) is 13.0. The summed E-state index contributed by atoms with van der Waals surface area (Å²) >= 11 is 7.70. The lowest BCUT2D eigenvalue weighted by Crippen LogP contribution is -2.23. The van der Waals surface area contributed by atoms with E-state index in [1.54, 1.807) is 11.3 Å². The highest BCUT2D eigenvalue weighted by Crippen LogP contribution is 2.36. The van der Waals surface area contributed by atoms with Gasteiger partial charge in [-0.1, -0.05) is 11.6 Å². The summed E-state index contributed by atoms with van der Waals surface area (Å²) in [6.45, 7) is 0.998. The van der Waals surface area contributed by atoms with Crippen LogP contribution in [0.2, 0.25) is 5.02 Å². The molecule has 1 aliphatic rings. The maximum Gasteiger partial charge on any atom is 0.148 e. The van der Waals surface area contributed by atoms with Gasteiger partial charge >= 0.3 is 0 Å². The third-order valence-corrected chi connectivity index (χ3v) is 4.89. The molecule has 0 N–H and O–H groups in total. The van der Waals surface area contributed by atoms with Crippen LogP contribution in [-0.4, -0.2) is 21.5 Å². The van der Waals surface area contributed by atoms with Gasteiger partial charge in [-0.3, -0.25) is 4.98 Å². The topological polar surface area (TPSA) is 41.9 Å². The Morgan fingerprint density at radius 1 is 1.24 bits per heavy atom. The number of fused-ring (bicyclic) bond motifs is 1. The molecule has 4 nitrogen and oxygen atoms in total. The third-order valence-electron chi connectivity index (χ3n) is 3.78. The fourth-order valence-corrected chi connectivity index (χ4v) is 3.76. The van der Waals surface area contributed by atoms with Crippen molar-refractivity contribution in [3.63, 3.8) is 0 Å². The van der Waals surface area contributed by atoms with Crippen molar-refractivity contribution in [3.8, 4) is 0 Å². The summed E-state index contributed by atoms with van der Waals surface area (Å²) in [6, 6.07) is 5.94. The molecule has 106 valence electrons. The number of nitrogens with zero attached hydrogens (tertiary/aromatic N) is 4. The molecule has 0 saturated carbocycles. The van der Waals surface area contributed by atoms with Crippen LogP contribution >= 0.6 is 22.9 Å². The zero-order chi connectivity index (χ0) is 14.2. The average Bonchev–Trinajstić information content (AvgIpc) is 3.17. The van der Waals surface area contributed by atoms with E-state index in [1.165, 1.54) is 0 Å². The number of rotatable bonds is 2. The SMILES string of the molecule is Clc1ccc2nc(N3CCCC3c3nccs3)cnc2c1. The molecule has 4 rings (SSSR count). The molecular weight excluding hydrogens is 304 g/mol. The Morgan fingerprint density at radius 3 is 3.05 bits per heavy atom. The number of benzene rings is 1. The molecule has 1 atom stereocenters. The van der Waals surface area contributed by atoms with Crippen molar-refractivity contribution in [3.05, 3.63) is 46.0 Å². The molecule has 0 radical (unpaired) electrons. The van der Waals surface area contributed by atoms with Crippen LogP contribution in [0.5, 0.6) is 0 Å². The van der Waals surface area contributed by atoms with Crippen LogP contribution in [0.25, 0.3) is 11.0 Å². The smallest absolute Gasteiger partial charge is 0.148 e. The number of aromatic nitrogens is 3. The lowest BCUT2D eigenvalue weighted by molar-refractivity contribution is 0.705. The van der Waals surface area contributed by atoms with Gasteiger partial charge in [0.05, 0.1) is 23.3 Å². The van der Waals surface area contributed by atoms with E-state index in [0.717, 1.165) is 41.2 Å². The van der Waals surface area contributed by atoms with Crippen molar-refractivity contribution in [1.82, 2.24) is 15.0 Å². The van der Waals surface area contributed by atoms with E-state index < -0.39 is 0 Å². The second kappa shape index (κ2) is 5.24. The molecule has 1 unspecified atom stereocenters. The summed E-state index contributed by atoms with van der Waals surface area (Å²) in [4.78, 5) is 16.0. The Morgan fingerprint density at radius 2 is 2.19 bits per heavy atom. The molecule has 1 aliphatic heterocycles. The van der Waals surface area contributed by atoms with E-state index in [9.17, 15) is 0 Å². The van der Waals surface area contributed by atoms with E-state index in [4.69, 9.17) is 16.6 Å². The average molecular weight is 317 g/mol. The Hall–Kier alpha value is -1.72. The normalized spacial score (nSPS) is 18.5.